The molecule has 1 aromatic heterocycles. The van der Waals surface area contributed by atoms with Crippen molar-refractivity contribution in [2.45, 2.75) is 25.1 Å². The number of tetrazole rings is 1. The Morgan fingerprint density at radius 3 is 2.85 bits per heavy atom. The number of anilines is 1. The van der Waals surface area contributed by atoms with Crippen molar-refractivity contribution in [2.75, 3.05) is 5.32 Å². The van der Waals surface area contributed by atoms with Crippen molar-refractivity contribution >= 4 is 21.9 Å². The van der Waals surface area contributed by atoms with Crippen LogP contribution in [0.15, 0.2) is 53.0 Å². The highest BCUT2D eigenvalue weighted by molar-refractivity contribution is 9.10. The van der Waals surface area contributed by atoms with Crippen LogP contribution in [0.3, 0.4) is 0 Å². The fraction of sp³-hybridized carbons (Fsp3) is 0.235. The first kappa shape index (κ1) is 16.9. The number of alkyl halides is 2. The second kappa shape index (κ2) is 6.99. The van der Waals surface area contributed by atoms with Crippen molar-refractivity contribution in [2.24, 2.45) is 0 Å². The Balaban J connectivity index is 1.74. The summed E-state index contributed by atoms with van der Waals surface area (Å²) in [6.45, 7) is -2.90. The predicted octanol–water partition coefficient (Wildman–Crippen LogP) is 4.18. The fourth-order valence-electron chi connectivity index (χ4n) is 3.20. The molecule has 0 fully saturated rings. The lowest BCUT2D eigenvalue weighted by atomic mass is 9.93. The molecule has 6 nitrogen and oxygen atoms in total. The molecule has 2 heterocycles. The van der Waals surface area contributed by atoms with E-state index in [0.717, 1.165) is 10.0 Å². The number of ether oxygens (including phenoxy) is 1. The molecule has 0 saturated heterocycles. The van der Waals surface area contributed by atoms with E-state index in [1.54, 1.807) is 22.9 Å². The second-order valence-corrected chi connectivity index (χ2v) is 6.78. The maximum atomic E-state index is 12.8. The Labute approximate surface area is 156 Å². The fourth-order valence-corrected chi connectivity index (χ4v) is 3.61. The van der Waals surface area contributed by atoms with E-state index >= 15 is 0 Å². The Morgan fingerprint density at radius 1 is 1.19 bits per heavy atom. The number of rotatable bonds is 4. The van der Waals surface area contributed by atoms with Gasteiger partial charge < -0.3 is 10.1 Å². The van der Waals surface area contributed by atoms with Crippen LogP contribution in [0.1, 0.15) is 29.6 Å². The number of hydrogen-bond acceptors (Lipinski definition) is 5. The van der Waals surface area contributed by atoms with Gasteiger partial charge in [-0.2, -0.15) is 8.78 Å². The van der Waals surface area contributed by atoms with Crippen LogP contribution in [0.25, 0.3) is 0 Å². The first-order valence-corrected chi connectivity index (χ1v) is 8.74. The summed E-state index contributed by atoms with van der Waals surface area (Å²) in [6.07, 6.45) is 0.581. The molecule has 1 aliphatic rings. The summed E-state index contributed by atoms with van der Waals surface area (Å²) in [4.78, 5) is 0. The third kappa shape index (κ3) is 3.26. The summed E-state index contributed by atoms with van der Waals surface area (Å²) < 4.78 is 32.9. The van der Waals surface area contributed by atoms with Gasteiger partial charge in [0, 0.05) is 10.0 Å². The molecule has 1 N–H and O–H groups in total. The van der Waals surface area contributed by atoms with Crippen molar-refractivity contribution in [1.82, 2.24) is 20.2 Å². The molecule has 0 spiro atoms. The van der Waals surface area contributed by atoms with E-state index in [1.165, 1.54) is 6.07 Å². The summed E-state index contributed by atoms with van der Waals surface area (Å²) in [5.74, 6) is 0.613. The quantitative estimate of drug-likeness (QED) is 0.684. The Hall–Kier alpha value is -2.55. The van der Waals surface area contributed by atoms with Gasteiger partial charge in [-0.15, -0.1) is 0 Å². The first-order valence-electron chi connectivity index (χ1n) is 7.95. The Bertz CT molecular complexity index is 919. The SMILES string of the molecule is FC(F)Oc1ccccc1C1CC(c2cccc(Br)c2)Nc2nnnn21. The van der Waals surface area contributed by atoms with Gasteiger partial charge in [0.15, 0.2) is 0 Å². The minimum Gasteiger partial charge on any atom is -0.434 e. The monoisotopic (exact) mass is 421 g/mol. The number of nitrogens with zero attached hydrogens (tertiary/aromatic N) is 4. The first-order chi connectivity index (χ1) is 12.6. The topological polar surface area (TPSA) is 64.9 Å². The van der Waals surface area contributed by atoms with E-state index in [0.29, 0.717) is 17.9 Å². The molecule has 26 heavy (non-hydrogen) atoms. The molecule has 3 aromatic rings. The standard InChI is InChI=1S/C17H14BrF2N5O/c18-11-5-3-4-10(8-11)13-9-14(25-17(21-13)22-23-24-25)12-6-1-2-7-15(12)26-16(19)20/h1-8,13-14,16H,9H2,(H,21,22,24). The molecule has 4 rings (SSSR count). The average Bonchev–Trinajstić information content (AvgIpc) is 3.09. The van der Waals surface area contributed by atoms with Crippen LogP contribution < -0.4 is 10.1 Å². The maximum absolute atomic E-state index is 12.8. The zero-order valence-corrected chi connectivity index (χ0v) is 15.0. The van der Waals surface area contributed by atoms with Crippen LogP contribution >= 0.6 is 15.9 Å². The predicted molar refractivity (Wildman–Crippen MR) is 94.2 cm³/mol. The molecule has 2 unspecified atom stereocenters. The highest BCUT2D eigenvalue weighted by atomic mass is 79.9. The van der Waals surface area contributed by atoms with Gasteiger partial charge >= 0.3 is 6.61 Å². The molecule has 0 amide bonds. The number of fused-ring (bicyclic) bond motifs is 1. The average molecular weight is 422 g/mol. The zero-order valence-electron chi connectivity index (χ0n) is 13.4. The molecule has 134 valence electrons. The lowest BCUT2D eigenvalue weighted by molar-refractivity contribution is -0.0507. The van der Waals surface area contributed by atoms with E-state index in [1.807, 2.05) is 24.3 Å². The summed E-state index contributed by atoms with van der Waals surface area (Å²) in [7, 11) is 0. The number of benzene rings is 2. The van der Waals surface area contributed by atoms with E-state index in [4.69, 9.17) is 4.74 Å². The third-order valence-corrected chi connectivity index (χ3v) is 4.79. The highest BCUT2D eigenvalue weighted by Crippen LogP contribution is 2.40. The smallest absolute Gasteiger partial charge is 0.387 e. The number of nitrogens with one attached hydrogen (secondary N) is 1. The highest BCUT2D eigenvalue weighted by Gasteiger charge is 2.32. The van der Waals surface area contributed by atoms with Crippen LogP contribution in [0.2, 0.25) is 0 Å². The Kier molecular flexibility index (Phi) is 4.54. The van der Waals surface area contributed by atoms with E-state index in [9.17, 15) is 8.78 Å². The summed E-state index contributed by atoms with van der Waals surface area (Å²) in [6, 6.07) is 14.2. The number of halogens is 3. The van der Waals surface area contributed by atoms with Crippen LogP contribution in [-0.4, -0.2) is 26.8 Å². The normalized spacial score (nSPS) is 19.1. The van der Waals surface area contributed by atoms with Gasteiger partial charge in [0.05, 0.1) is 12.1 Å². The summed E-state index contributed by atoms with van der Waals surface area (Å²) in [5, 5.41) is 15.0. The summed E-state index contributed by atoms with van der Waals surface area (Å²) >= 11 is 3.48. The molecule has 2 atom stereocenters. The van der Waals surface area contributed by atoms with Crippen LogP contribution in [-0.2, 0) is 0 Å². The van der Waals surface area contributed by atoms with E-state index < -0.39 is 6.61 Å². The van der Waals surface area contributed by atoms with E-state index in [2.05, 4.69) is 36.8 Å². The largest absolute Gasteiger partial charge is 0.434 e. The second-order valence-electron chi connectivity index (χ2n) is 5.87. The zero-order chi connectivity index (χ0) is 18.1. The Morgan fingerprint density at radius 2 is 2.04 bits per heavy atom. The minimum absolute atomic E-state index is 0.0735. The van der Waals surface area contributed by atoms with Crippen molar-refractivity contribution in [3.63, 3.8) is 0 Å². The molecule has 1 aliphatic heterocycles. The molecule has 0 saturated carbocycles. The van der Waals surface area contributed by atoms with Crippen molar-refractivity contribution < 1.29 is 13.5 Å². The van der Waals surface area contributed by atoms with Crippen LogP contribution in [0.4, 0.5) is 14.7 Å². The number of aromatic nitrogens is 4. The molecule has 0 aliphatic carbocycles. The van der Waals surface area contributed by atoms with Gasteiger partial charge in [0.1, 0.15) is 5.75 Å². The molecular weight excluding hydrogens is 408 g/mol. The van der Waals surface area contributed by atoms with Crippen LogP contribution in [0.5, 0.6) is 5.75 Å². The van der Waals surface area contributed by atoms with Crippen molar-refractivity contribution in [3.8, 4) is 5.75 Å². The minimum atomic E-state index is -2.90. The van der Waals surface area contributed by atoms with Gasteiger partial charge in [-0.1, -0.05) is 51.4 Å². The van der Waals surface area contributed by atoms with Gasteiger partial charge in [0.25, 0.3) is 0 Å². The summed E-state index contributed by atoms with van der Waals surface area (Å²) in [5.41, 5.74) is 1.66. The van der Waals surface area contributed by atoms with Gasteiger partial charge in [0.2, 0.25) is 5.95 Å². The van der Waals surface area contributed by atoms with Gasteiger partial charge in [-0.3, -0.25) is 0 Å². The number of hydrogen-bond donors (Lipinski definition) is 1. The lowest BCUT2D eigenvalue weighted by Crippen LogP contribution is -2.28. The maximum Gasteiger partial charge on any atom is 0.387 e. The lowest BCUT2D eigenvalue weighted by Gasteiger charge is -2.31. The molecular formula is C17H14BrF2N5O. The van der Waals surface area contributed by atoms with Gasteiger partial charge in [-0.05, 0) is 40.6 Å². The van der Waals surface area contributed by atoms with E-state index in [-0.39, 0.29) is 17.8 Å². The van der Waals surface area contributed by atoms with Crippen molar-refractivity contribution in [1.29, 1.82) is 0 Å². The molecule has 9 heteroatoms. The van der Waals surface area contributed by atoms with Gasteiger partial charge in [-0.25, -0.2) is 4.68 Å². The molecule has 0 bridgehead atoms. The molecule has 2 aromatic carbocycles. The van der Waals surface area contributed by atoms with Crippen molar-refractivity contribution in [3.05, 3.63) is 64.1 Å². The molecule has 0 radical (unpaired) electrons. The van der Waals surface area contributed by atoms with Crippen LogP contribution in [0, 0.1) is 0 Å². The number of para-hydroxylation sites is 1. The third-order valence-electron chi connectivity index (χ3n) is 4.30.